The largest absolute Gasteiger partial charge is 0.449 e. The molecule has 1 aliphatic carbocycles. The molecule has 3 unspecified atom stereocenters. The highest BCUT2D eigenvalue weighted by molar-refractivity contribution is 5.89. The van der Waals surface area contributed by atoms with Crippen molar-refractivity contribution in [3.8, 4) is 0 Å². The zero-order valence-corrected chi connectivity index (χ0v) is 17.6. The lowest BCUT2D eigenvalue weighted by molar-refractivity contribution is -0.522. The van der Waals surface area contributed by atoms with E-state index in [0.29, 0.717) is 13.3 Å². The molecule has 1 heterocycles. The molecule has 15 heteroatoms. The Labute approximate surface area is 186 Å². The molecule has 1 saturated heterocycles. The molecule has 1 N–H and O–H groups in total. The second-order valence-corrected chi connectivity index (χ2v) is 8.43. The van der Waals surface area contributed by atoms with E-state index in [4.69, 9.17) is 0 Å². The highest BCUT2D eigenvalue weighted by Crippen LogP contribution is 2.64. The Hall–Kier alpha value is -1.64. The molecule has 1 aliphatic heterocycles. The number of carbonyl (C=O) groups is 1. The van der Waals surface area contributed by atoms with E-state index in [-0.39, 0.29) is 12.8 Å². The first kappa shape index (κ1) is 28.6. The van der Waals surface area contributed by atoms with Crippen molar-refractivity contribution in [2.75, 3.05) is 0 Å². The van der Waals surface area contributed by atoms with Crippen LogP contribution in [-0.2, 0) is 14.3 Å². The Balaban J connectivity index is 2.87. The maximum absolute atomic E-state index is 15.6. The Morgan fingerprint density at radius 2 is 1.50 bits per heavy atom. The third-order valence-corrected chi connectivity index (χ3v) is 6.45. The van der Waals surface area contributed by atoms with Gasteiger partial charge in [0.05, 0.1) is 0 Å². The van der Waals surface area contributed by atoms with E-state index in [1.54, 1.807) is 0 Å². The van der Waals surface area contributed by atoms with E-state index in [9.17, 15) is 49.4 Å². The van der Waals surface area contributed by atoms with Crippen LogP contribution >= 0.6 is 0 Å². The third kappa shape index (κ3) is 4.26. The molecule has 0 bridgehead atoms. The molecule has 0 spiro atoms. The van der Waals surface area contributed by atoms with E-state index < -0.39 is 84.6 Å². The number of rotatable bonds is 4. The summed E-state index contributed by atoms with van der Waals surface area (Å²) in [6.07, 6.45) is -22.3. The molecule has 0 amide bonds. The number of halogens is 11. The summed E-state index contributed by atoms with van der Waals surface area (Å²) in [5, 5.41) is 10.0. The fraction of sp³-hybridized carbons (Fsp3) is 0.842. The third-order valence-electron chi connectivity index (χ3n) is 6.45. The van der Waals surface area contributed by atoms with Gasteiger partial charge in [-0.1, -0.05) is 32.8 Å². The average Bonchev–Trinajstić information content (AvgIpc) is 2.69. The second-order valence-electron chi connectivity index (χ2n) is 8.43. The number of hydrogen-bond donors (Lipinski definition) is 1. The lowest BCUT2D eigenvalue weighted by Crippen LogP contribution is -2.81. The van der Waals surface area contributed by atoms with Crippen LogP contribution in [0.1, 0.15) is 51.9 Å². The van der Waals surface area contributed by atoms with E-state index in [1.165, 1.54) is 0 Å². The van der Waals surface area contributed by atoms with Crippen molar-refractivity contribution in [2.24, 2.45) is 5.92 Å². The fourth-order valence-corrected chi connectivity index (χ4v) is 4.49. The maximum Gasteiger partial charge on any atom is 0.449 e. The van der Waals surface area contributed by atoms with Gasteiger partial charge in [0.2, 0.25) is 0 Å². The first-order valence-electron chi connectivity index (χ1n) is 10.0. The molecule has 3 atom stereocenters. The van der Waals surface area contributed by atoms with E-state index in [0.717, 1.165) is 0 Å². The first-order valence-corrected chi connectivity index (χ1v) is 10.0. The number of aliphatic hydroxyl groups is 1. The van der Waals surface area contributed by atoms with Crippen LogP contribution in [0.2, 0.25) is 0 Å². The zero-order valence-electron chi connectivity index (χ0n) is 17.6. The number of hydrogen-bond acceptors (Lipinski definition) is 4. The van der Waals surface area contributed by atoms with Gasteiger partial charge in [-0.2, -0.15) is 48.3 Å². The van der Waals surface area contributed by atoms with Crippen molar-refractivity contribution in [3.63, 3.8) is 0 Å². The summed E-state index contributed by atoms with van der Waals surface area (Å²) in [6, 6.07) is 0. The van der Waals surface area contributed by atoms with Crippen LogP contribution < -0.4 is 0 Å². The van der Waals surface area contributed by atoms with Gasteiger partial charge in [0.1, 0.15) is 5.57 Å². The molecule has 0 aromatic carbocycles. The molecule has 1 saturated carbocycles. The lowest BCUT2D eigenvalue weighted by Gasteiger charge is -2.59. The van der Waals surface area contributed by atoms with Crippen LogP contribution in [0.4, 0.5) is 48.3 Å². The Morgan fingerprint density at radius 1 is 1.00 bits per heavy atom. The summed E-state index contributed by atoms with van der Waals surface area (Å²) < 4.78 is 161. The number of esters is 1. The van der Waals surface area contributed by atoms with Crippen LogP contribution in [0.5, 0.6) is 0 Å². The smallest absolute Gasteiger partial charge is 0.448 e. The molecule has 2 fully saturated rings. The highest BCUT2D eigenvalue weighted by Gasteiger charge is 2.87. The predicted molar refractivity (Wildman–Crippen MR) is 91.3 cm³/mol. The summed E-state index contributed by atoms with van der Waals surface area (Å²) in [4.78, 5) is 12.1. The quantitative estimate of drug-likeness (QED) is 0.280. The predicted octanol–water partition coefficient (Wildman–Crippen LogP) is 5.98. The van der Waals surface area contributed by atoms with Gasteiger partial charge in [-0.15, -0.1) is 0 Å². The van der Waals surface area contributed by atoms with Gasteiger partial charge in [0.25, 0.3) is 0 Å². The Kier molecular flexibility index (Phi) is 7.14. The average molecular weight is 522 g/mol. The molecule has 0 aromatic heterocycles. The van der Waals surface area contributed by atoms with Crippen molar-refractivity contribution < 1.29 is 67.7 Å². The van der Waals surface area contributed by atoms with E-state index >= 15 is 8.78 Å². The van der Waals surface area contributed by atoms with Crippen LogP contribution in [0.25, 0.3) is 0 Å². The normalized spacial score (nSPS) is 33.4. The van der Waals surface area contributed by atoms with Gasteiger partial charge in [0.15, 0.2) is 11.2 Å². The maximum atomic E-state index is 15.6. The topological polar surface area (TPSA) is 55.8 Å². The van der Waals surface area contributed by atoms with Crippen molar-refractivity contribution in [3.05, 3.63) is 12.2 Å². The lowest BCUT2D eigenvalue weighted by atomic mass is 9.64. The summed E-state index contributed by atoms with van der Waals surface area (Å²) in [7, 11) is 0. The molecule has 4 nitrogen and oxygen atoms in total. The molecule has 34 heavy (non-hydrogen) atoms. The Bertz CT molecular complexity index is 798. The fourth-order valence-electron chi connectivity index (χ4n) is 4.49. The van der Waals surface area contributed by atoms with Crippen LogP contribution in [-0.4, -0.2) is 52.5 Å². The Morgan fingerprint density at radius 3 is 1.88 bits per heavy atom. The van der Waals surface area contributed by atoms with Crippen molar-refractivity contribution >= 4 is 5.97 Å². The zero-order chi connectivity index (χ0) is 26.6. The minimum atomic E-state index is -6.57. The van der Waals surface area contributed by atoms with Gasteiger partial charge in [0, 0.05) is 12.3 Å². The number of alkyl halides is 11. The SMILES string of the molecule is C=C(C(=O)OC1(C2CCCCC2)CC(CC)(C(F)(F)F)OC(O)(C(F)(F)F)C1(F)F)C(F)(F)F. The van der Waals surface area contributed by atoms with Gasteiger partial charge in [-0.3, -0.25) is 0 Å². The monoisotopic (exact) mass is 522 g/mol. The van der Waals surface area contributed by atoms with Gasteiger partial charge in [-0.25, -0.2) is 4.79 Å². The summed E-state index contributed by atoms with van der Waals surface area (Å²) in [6.45, 7) is 2.94. The molecular formula is C19H21F11O4. The van der Waals surface area contributed by atoms with Crippen LogP contribution in [0.15, 0.2) is 12.2 Å². The molecule has 198 valence electrons. The van der Waals surface area contributed by atoms with Gasteiger partial charge < -0.3 is 14.6 Å². The molecule has 0 radical (unpaired) electrons. The van der Waals surface area contributed by atoms with Crippen LogP contribution in [0, 0.1) is 5.92 Å². The van der Waals surface area contributed by atoms with Crippen molar-refractivity contribution in [2.45, 2.75) is 93.3 Å². The summed E-state index contributed by atoms with van der Waals surface area (Å²) in [5.41, 5.74) is -10.7. The van der Waals surface area contributed by atoms with Crippen molar-refractivity contribution in [1.29, 1.82) is 0 Å². The van der Waals surface area contributed by atoms with Crippen LogP contribution in [0.3, 0.4) is 0 Å². The summed E-state index contributed by atoms with van der Waals surface area (Å²) >= 11 is 0. The molecule has 0 aromatic rings. The number of carbonyl (C=O) groups excluding carboxylic acids is 1. The molecule has 2 rings (SSSR count). The standard InChI is InChI=1S/C19H21F11O4/c1-3-13(18(25,26)27)9-14(11-7-5-4-6-8-11,33-12(31)10(2)15(20,21)22)16(23,24)17(32,34-13)19(28,29)30/h11,32H,2-9H2,1H3. The minimum absolute atomic E-state index is 0.00326. The van der Waals surface area contributed by atoms with Gasteiger partial charge >= 0.3 is 36.2 Å². The second kappa shape index (κ2) is 8.49. The van der Waals surface area contributed by atoms with E-state index in [2.05, 4.69) is 16.1 Å². The van der Waals surface area contributed by atoms with E-state index in [1.807, 2.05) is 0 Å². The first-order chi connectivity index (χ1) is 15.1. The number of ether oxygens (including phenoxy) is 2. The minimum Gasteiger partial charge on any atom is -0.448 e. The van der Waals surface area contributed by atoms with Gasteiger partial charge in [-0.05, 0) is 19.3 Å². The highest BCUT2D eigenvalue weighted by atomic mass is 19.4. The molecular weight excluding hydrogens is 501 g/mol. The summed E-state index contributed by atoms with van der Waals surface area (Å²) in [5.74, 6) is -16.3. The molecule has 2 aliphatic rings. The van der Waals surface area contributed by atoms with Crippen molar-refractivity contribution in [1.82, 2.24) is 0 Å².